The molecule has 3 heterocycles. The lowest BCUT2D eigenvalue weighted by atomic mass is 9.81. The maximum absolute atomic E-state index is 12.3. The minimum absolute atomic E-state index is 0.0336. The van der Waals surface area contributed by atoms with Crippen LogP contribution in [0.1, 0.15) is 12.8 Å². The lowest BCUT2D eigenvalue weighted by Crippen LogP contribution is -2.39. The Bertz CT molecular complexity index is 818. The fraction of sp³-hybridized carbons (Fsp3) is 0.684. The van der Waals surface area contributed by atoms with E-state index in [0.29, 0.717) is 49.9 Å². The number of amides is 1. The first-order chi connectivity index (χ1) is 14.0. The Balaban J connectivity index is 1.91. The van der Waals surface area contributed by atoms with Gasteiger partial charge in [0.1, 0.15) is 6.33 Å². The first kappa shape index (κ1) is 21.4. The molecule has 160 valence electrons. The number of hydrogen-bond acceptors (Lipinski definition) is 8. The molecule has 0 spiro atoms. The fourth-order valence-electron chi connectivity index (χ4n) is 3.51. The quantitative estimate of drug-likeness (QED) is 0.628. The predicted molar refractivity (Wildman–Crippen MR) is 108 cm³/mol. The van der Waals surface area contributed by atoms with E-state index in [1.165, 1.54) is 6.33 Å². The Hall–Kier alpha value is -2.30. The smallest absolute Gasteiger partial charge is 0.241 e. The van der Waals surface area contributed by atoms with Crippen molar-refractivity contribution in [2.45, 2.75) is 19.4 Å². The van der Waals surface area contributed by atoms with Gasteiger partial charge in [-0.15, -0.1) is 0 Å². The lowest BCUT2D eigenvalue weighted by Gasteiger charge is -2.35. The molecule has 0 aliphatic carbocycles. The molecule has 0 atom stereocenters. The van der Waals surface area contributed by atoms with Crippen LogP contribution in [0, 0.1) is 5.41 Å². The van der Waals surface area contributed by atoms with Crippen LogP contribution in [0.15, 0.2) is 12.7 Å². The fourth-order valence-corrected chi connectivity index (χ4v) is 3.51. The maximum Gasteiger partial charge on any atom is 0.241 e. The summed E-state index contributed by atoms with van der Waals surface area (Å²) in [5.74, 6) is 0.569. The van der Waals surface area contributed by atoms with Crippen LogP contribution < -0.4 is 4.90 Å². The lowest BCUT2D eigenvalue weighted by molar-refractivity contribution is -0.127. The number of aliphatic hydroxyl groups excluding tert-OH is 1. The van der Waals surface area contributed by atoms with Gasteiger partial charge in [0.05, 0.1) is 26.1 Å². The number of imidazole rings is 1. The Kier molecular flexibility index (Phi) is 6.99. The molecule has 2 aromatic heterocycles. The highest BCUT2D eigenvalue weighted by Crippen LogP contribution is 2.33. The molecule has 29 heavy (non-hydrogen) atoms. The van der Waals surface area contributed by atoms with Crippen LogP contribution in [-0.2, 0) is 20.8 Å². The summed E-state index contributed by atoms with van der Waals surface area (Å²) in [7, 11) is 5.07. The summed E-state index contributed by atoms with van der Waals surface area (Å²) >= 11 is 0. The number of aliphatic hydroxyl groups is 1. The van der Waals surface area contributed by atoms with Crippen molar-refractivity contribution in [1.82, 2.24) is 24.4 Å². The zero-order valence-electron chi connectivity index (χ0n) is 17.4. The van der Waals surface area contributed by atoms with Gasteiger partial charge in [-0.05, 0) is 12.8 Å². The number of carbonyl (C=O) groups excluding carboxylic acids is 1. The molecule has 3 rings (SSSR count). The van der Waals surface area contributed by atoms with Crippen molar-refractivity contribution in [3.63, 3.8) is 0 Å². The van der Waals surface area contributed by atoms with Crippen molar-refractivity contribution in [3.05, 3.63) is 12.7 Å². The number of nitrogens with zero attached hydrogens (tertiary/aromatic N) is 6. The standard InChI is InChI=1S/C19H30N6O4/c1-23(2)15(27)10-24(6-9-28-3)17-16-18(21-13-20-17)25(14-22-16)11-19(12-26)4-7-29-8-5-19/h13-14,26H,4-12H2,1-3H3. The summed E-state index contributed by atoms with van der Waals surface area (Å²) < 4.78 is 12.6. The second-order valence-electron chi connectivity index (χ2n) is 7.71. The van der Waals surface area contributed by atoms with Crippen molar-refractivity contribution in [3.8, 4) is 0 Å². The first-order valence-electron chi connectivity index (χ1n) is 9.78. The van der Waals surface area contributed by atoms with Crippen molar-refractivity contribution in [2.24, 2.45) is 5.41 Å². The second-order valence-corrected chi connectivity index (χ2v) is 7.71. The van der Waals surface area contributed by atoms with Crippen LogP contribution in [0.3, 0.4) is 0 Å². The van der Waals surface area contributed by atoms with Crippen molar-refractivity contribution in [2.75, 3.05) is 65.6 Å². The molecule has 2 aromatic rings. The molecule has 0 aromatic carbocycles. The summed E-state index contributed by atoms with van der Waals surface area (Å²) in [6.07, 6.45) is 4.81. The highest BCUT2D eigenvalue weighted by atomic mass is 16.5. The zero-order chi connectivity index (χ0) is 20.9. The number of ether oxygens (including phenoxy) is 2. The Morgan fingerprint density at radius 3 is 2.72 bits per heavy atom. The van der Waals surface area contributed by atoms with E-state index in [2.05, 4.69) is 15.0 Å². The minimum atomic E-state index is -0.242. The third-order valence-electron chi connectivity index (χ3n) is 5.47. The van der Waals surface area contributed by atoms with E-state index >= 15 is 0 Å². The minimum Gasteiger partial charge on any atom is -0.396 e. The molecule has 10 heteroatoms. The number of hydrogen-bond donors (Lipinski definition) is 1. The number of likely N-dealkylation sites (N-methyl/N-ethyl adjacent to an activating group) is 1. The highest BCUT2D eigenvalue weighted by molar-refractivity contribution is 5.87. The van der Waals surface area contributed by atoms with Gasteiger partial charge in [-0.3, -0.25) is 4.79 Å². The van der Waals surface area contributed by atoms with Gasteiger partial charge >= 0.3 is 0 Å². The van der Waals surface area contributed by atoms with Crippen molar-refractivity contribution >= 4 is 22.9 Å². The van der Waals surface area contributed by atoms with Crippen LogP contribution in [0.5, 0.6) is 0 Å². The molecule has 1 saturated heterocycles. The predicted octanol–water partition coefficient (Wildman–Crippen LogP) is 0.156. The van der Waals surface area contributed by atoms with Crippen LogP contribution in [-0.4, -0.2) is 96.2 Å². The van der Waals surface area contributed by atoms with Gasteiger partial charge in [0.2, 0.25) is 5.91 Å². The van der Waals surface area contributed by atoms with E-state index in [4.69, 9.17) is 9.47 Å². The maximum atomic E-state index is 12.3. The second kappa shape index (κ2) is 9.47. The van der Waals surface area contributed by atoms with E-state index in [9.17, 15) is 9.90 Å². The Labute approximate surface area is 170 Å². The number of carbonyl (C=O) groups is 1. The number of rotatable bonds is 9. The Morgan fingerprint density at radius 2 is 2.07 bits per heavy atom. The van der Waals surface area contributed by atoms with Gasteiger partial charge in [0.15, 0.2) is 17.0 Å². The van der Waals surface area contributed by atoms with Gasteiger partial charge in [0.25, 0.3) is 0 Å². The van der Waals surface area contributed by atoms with Gasteiger partial charge in [-0.25, -0.2) is 15.0 Å². The molecule has 0 saturated carbocycles. The van der Waals surface area contributed by atoms with Crippen molar-refractivity contribution < 1.29 is 19.4 Å². The van der Waals surface area contributed by atoms with Gasteiger partial charge in [-0.2, -0.15) is 0 Å². The van der Waals surface area contributed by atoms with Crippen LogP contribution in [0.25, 0.3) is 11.2 Å². The zero-order valence-corrected chi connectivity index (χ0v) is 17.4. The summed E-state index contributed by atoms with van der Waals surface area (Å²) in [5.41, 5.74) is 1.08. The van der Waals surface area contributed by atoms with E-state index in [1.807, 2.05) is 9.47 Å². The monoisotopic (exact) mass is 406 g/mol. The van der Waals surface area contributed by atoms with Gasteiger partial charge in [0, 0.05) is 52.9 Å². The van der Waals surface area contributed by atoms with Gasteiger partial charge in [-0.1, -0.05) is 0 Å². The van der Waals surface area contributed by atoms with Gasteiger partial charge < -0.3 is 28.9 Å². The number of methoxy groups -OCH3 is 1. The van der Waals surface area contributed by atoms with Crippen LogP contribution in [0.4, 0.5) is 5.82 Å². The molecule has 1 amide bonds. The molecular formula is C19H30N6O4. The molecule has 1 aliphatic rings. The molecule has 10 nitrogen and oxygen atoms in total. The molecule has 0 unspecified atom stereocenters. The normalized spacial score (nSPS) is 16.1. The van der Waals surface area contributed by atoms with E-state index in [0.717, 1.165) is 12.8 Å². The average molecular weight is 406 g/mol. The summed E-state index contributed by atoms with van der Waals surface area (Å²) in [6, 6.07) is 0. The first-order valence-corrected chi connectivity index (χ1v) is 9.78. The number of aromatic nitrogens is 4. The molecule has 1 N–H and O–H groups in total. The largest absolute Gasteiger partial charge is 0.396 e. The Morgan fingerprint density at radius 1 is 1.31 bits per heavy atom. The topological polar surface area (TPSA) is 106 Å². The number of fused-ring (bicyclic) bond motifs is 1. The SMILES string of the molecule is COCCN(CC(=O)N(C)C)c1ncnc2c1ncn2CC1(CO)CCOCC1. The van der Waals surface area contributed by atoms with E-state index in [1.54, 1.807) is 32.4 Å². The molecule has 1 fully saturated rings. The van der Waals surface area contributed by atoms with Crippen molar-refractivity contribution in [1.29, 1.82) is 0 Å². The molecule has 0 bridgehead atoms. The molecular weight excluding hydrogens is 376 g/mol. The summed E-state index contributed by atoms with van der Waals surface area (Å²) in [4.78, 5) is 29.1. The third kappa shape index (κ3) is 4.82. The van der Waals surface area contributed by atoms with E-state index in [-0.39, 0.29) is 24.5 Å². The molecule has 1 aliphatic heterocycles. The van der Waals surface area contributed by atoms with Crippen LogP contribution in [0.2, 0.25) is 0 Å². The summed E-state index contributed by atoms with van der Waals surface area (Å²) in [5, 5.41) is 10.0. The number of anilines is 1. The van der Waals surface area contributed by atoms with Crippen LogP contribution >= 0.6 is 0 Å². The summed E-state index contributed by atoms with van der Waals surface area (Å²) in [6.45, 7) is 3.12. The highest BCUT2D eigenvalue weighted by Gasteiger charge is 2.33. The molecule has 0 radical (unpaired) electrons. The average Bonchev–Trinajstić information content (AvgIpc) is 3.14. The van der Waals surface area contributed by atoms with E-state index < -0.39 is 0 Å². The third-order valence-corrected chi connectivity index (χ3v) is 5.47.